The smallest absolute Gasteiger partial charge is 0.274 e. The molecular weight excluding hydrogens is 370 g/mol. The average Bonchev–Trinajstić information content (AvgIpc) is 3.08. The lowest BCUT2D eigenvalue weighted by molar-refractivity contribution is 0.0714. The van der Waals surface area contributed by atoms with Crippen molar-refractivity contribution in [3.8, 4) is 0 Å². The van der Waals surface area contributed by atoms with E-state index in [0.29, 0.717) is 16.5 Å². The number of thiocarbonyl (C=S) groups is 1. The molecule has 144 valence electrons. The van der Waals surface area contributed by atoms with Gasteiger partial charge in [-0.05, 0) is 42.9 Å². The van der Waals surface area contributed by atoms with Gasteiger partial charge in [0, 0.05) is 31.2 Å². The van der Waals surface area contributed by atoms with Crippen molar-refractivity contribution in [2.24, 2.45) is 7.05 Å². The van der Waals surface area contributed by atoms with Gasteiger partial charge in [0.25, 0.3) is 5.91 Å². The van der Waals surface area contributed by atoms with E-state index >= 15 is 0 Å². The van der Waals surface area contributed by atoms with Crippen molar-refractivity contribution >= 4 is 45.4 Å². The van der Waals surface area contributed by atoms with E-state index in [0.717, 1.165) is 42.4 Å². The molecule has 0 bridgehead atoms. The fourth-order valence-corrected chi connectivity index (χ4v) is 3.86. The molecule has 1 amide bonds. The second-order valence-electron chi connectivity index (χ2n) is 6.99. The highest BCUT2D eigenvalue weighted by Crippen LogP contribution is 2.24. The minimum absolute atomic E-state index is 0.00448. The number of hydrogen-bond donors (Lipinski definition) is 2. The molecule has 1 saturated heterocycles. The Labute approximate surface area is 169 Å². The van der Waals surface area contributed by atoms with Crippen LogP contribution in [-0.2, 0) is 7.05 Å². The molecule has 1 aliphatic heterocycles. The van der Waals surface area contributed by atoms with Crippen LogP contribution in [0.2, 0.25) is 0 Å². The minimum Gasteiger partial charge on any atom is -0.337 e. The summed E-state index contributed by atoms with van der Waals surface area (Å²) >= 11 is 5.51. The van der Waals surface area contributed by atoms with Crippen LogP contribution in [0.1, 0.15) is 29.8 Å². The van der Waals surface area contributed by atoms with Gasteiger partial charge in [-0.1, -0.05) is 36.4 Å². The van der Waals surface area contributed by atoms with Crippen molar-refractivity contribution in [2.45, 2.75) is 19.3 Å². The van der Waals surface area contributed by atoms with E-state index in [-0.39, 0.29) is 5.91 Å². The highest BCUT2D eigenvalue weighted by Gasteiger charge is 2.24. The molecule has 0 atom stereocenters. The molecule has 4 rings (SSSR count). The van der Waals surface area contributed by atoms with Gasteiger partial charge < -0.3 is 15.5 Å². The molecule has 1 aromatic heterocycles. The van der Waals surface area contributed by atoms with Crippen LogP contribution in [0.15, 0.2) is 48.7 Å². The number of benzene rings is 2. The third-order valence-corrected chi connectivity index (χ3v) is 5.27. The first-order chi connectivity index (χ1) is 13.6. The number of carbonyl (C=O) groups is 1. The van der Waals surface area contributed by atoms with Gasteiger partial charge in [-0.25, -0.2) is 0 Å². The molecule has 7 heteroatoms. The fourth-order valence-electron chi connectivity index (χ4n) is 3.64. The maximum absolute atomic E-state index is 13.0. The number of carbonyl (C=O) groups excluding carboxylic acids is 1. The number of nitrogens with one attached hydrogen (secondary N) is 2. The molecule has 2 heterocycles. The van der Waals surface area contributed by atoms with Crippen LogP contribution in [0.3, 0.4) is 0 Å². The molecule has 0 aliphatic carbocycles. The molecule has 1 aliphatic rings. The fraction of sp³-hybridized carbons (Fsp3) is 0.286. The lowest BCUT2D eigenvalue weighted by atomic mass is 10.1. The molecule has 0 unspecified atom stereocenters. The van der Waals surface area contributed by atoms with Gasteiger partial charge in [0.2, 0.25) is 0 Å². The summed E-state index contributed by atoms with van der Waals surface area (Å²) in [4.78, 5) is 14.9. The topological polar surface area (TPSA) is 62.2 Å². The molecule has 0 spiro atoms. The highest BCUT2D eigenvalue weighted by atomic mass is 32.1. The van der Waals surface area contributed by atoms with E-state index in [4.69, 9.17) is 12.2 Å². The van der Waals surface area contributed by atoms with Gasteiger partial charge in [0.05, 0.1) is 11.9 Å². The third-order valence-electron chi connectivity index (χ3n) is 5.07. The van der Waals surface area contributed by atoms with Crippen LogP contribution in [0.4, 0.5) is 11.4 Å². The number of likely N-dealkylation sites (tertiary alicyclic amines) is 1. The highest BCUT2D eigenvalue weighted by molar-refractivity contribution is 7.80. The summed E-state index contributed by atoms with van der Waals surface area (Å²) in [7, 11) is 1.78. The number of anilines is 2. The quantitative estimate of drug-likeness (QED) is 0.659. The Morgan fingerprint density at radius 3 is 2.54 bits per heavy atom. The van der Waals surface area contributed by atoms with E-state index in [1.165, 1.54) is 6.42 Å². The number of amides is 1. The van der Waals surface area contributed by atoms with E-state index in [1.54, 1.807) is 17.9 Å². The zero-order valence-corrected chi connectivity index (χ0v) is 16.6. The standard InChI is InChI=1S/C21H23N5OS/c1-25-19(20(27)26-12-5-2-6-13-26)18(14-22-25)24-21(28)23-17-11-7-9-15-8-3-4-10-16(15)17/h3-4,7-11,14H,2,5-6,12-13H2,1H3,(H2,23,24,28). The molecule has 0 saturated carbocycles. The summed E-state index contributed by atoms with van der Waals surface area (Å²) in [6.45, 7) is 1.59. The summed E-state index contributed by atoms with van der Waals surface area (Å²) in [6.07, 6.45) is 4.92. The number of aryl methyl sites for hydroxylation is 1. The third kappa shape index (κ3) is 3.71. The van der Waals surface area contributed by atoms with E-state index < -0.39 is 0 Å². The van der Waals surface area contributed by atoms with Crippen LogP contribution in [0, 0.1) is 0 Å². The predicted octanol–water partition coefficient (Wildman–Crippen LogP) is 4.01. The van der Waals surface area contributed by atoms with Crippen LogP contribution in [-0.4, -0.2) is 38.8 Å². The number of aromatic nitrogens is 2. The first kappa shape index (κ1) is 18.4. The Morgan fingerprint density at radius 1 is 1.00 bits per heavy atom. The van der Waals surface area contributed by atoms with Crippen LogP contribution in [0.5, 0.6) is 0 Å². The first-order valence-electron chi connectivity index (χ1n) is 9.50. The second kappa shape index (κ2) is 7.98. The first-order valence-corrected chi connectivity index (χ1v) is 9.91. The predicted molar refractivity (Wildman–Crippen MR) is 117 cm³/mol. The molecular formula is C21H23N5OS. The van der Waals surface area contributed by atoms with Crippen molar-refractivity contribution in [3.63, 3.8) is 0 Å². The SMILES string of the molecule is Cn1ncc(NC(=S)Nc2cccc3ccccc23)c1C(=O)N1CCCCC1. The monoisotopic (exact) mass is 393 g/mol. The van der Waals surface area contributed by atoms with Gasteiger partial charge in [-0.2, -0.15) is 5.10 Å². The number of fused-ring (bicyclic) bond motifs is 1. The number of piperidine rings is 1. The Hall–Kier alpha value is -2.93. The van der Waals surface area contributed by atoms with Gasteiger partial charge in [-0.15, -0.1) is 0 Å². The normalized spacial score (nSPS) is 14.1. The lowest BCUT2D eigenvalue weighted by Gasteiger charge is -2.27. The van der Waals surface area contributed by atoms with Crippen LogP contribution >= 0.6 is 12.2 Å². The summed E-state index contributed by atoms with van der Waals surface area (Å²) in [6, 6.07) is 14.2. The minimum atomic E-state index is -0.00448. The molecule has 28 heavy (non-hydrogen) atoms. The average molecular weight is 394 g/mol. The number of rotatable bonds is 3. The zero-order chi connectivity index (χ0) is 19.5. The van der Waals surface area contributed by atoms with E-state index in [1.807, 2.05) is 29.2 Å². The summed E-state index contributed by atoms with van der Waals surface area (Å²) in [5.41, 5.74) is 2.07. The van der Waals surface area contributed by atoms with Gasteiger partial charge in [0.1, 0.15) is 5.69 Å². The summed E-state index contributed by atoms with van der Waals surface area (Å²) in [5, 5.41) is 13.3. The molecule has 2 aromatic carbocycles. The van der Waals surface area contributed by atoms with E-state index in [9.17, 15) is 4.79 Å². The van der Waals surface area contributed by atoms with Crippen molar-refractivity contribution in [1.82, 2.24) is 14.7 Å². The summed E-state index contributed by atoms with van der Waals surface area (Å²) < 4.78 is 1.61. The number of nitrogens with zero attached hydrogens (tertiary/aromatic N) is 3. The molecule has 3 aromatic rings. The maximum Gasteiger partial charge on any atom is 0.274 e. The van der Waals surface area contributed by atoms with Crippen molar-refractivity contribution < 1.29 is 4.79 Å². The second-order valence-corrected chi connectivity index (χ2v) is 7.40. The number of hydrogen-bond acceptors (Lipinski definition) is 3. The Balaban J connectivity index is 1.53. The van der Waals surface area contributed by atoms with E-state index in [2.05, 4.69) is 33.9 Å². The molecule has 0 radical (unpaired) electrons. The van der Waals surface area contributed by atoms with Crippen LogP contribution < -0.4 is 10.6 Å². The Morgan fingerprint density at radius 2 is 1.71 bits per heavy atom. The zero-order valence-electron chi connectivity index (χ0n) is 15.8. The molecule has 6 nitrogen and oxygen atoms in total. The maximum atomic E-state index is 13.0. The van der Waals surface area contributed by atoms with Crippen molar-refractivity contribution in [1.29, 1.82) is 0 Å². The van der Waals surface area contributed by atoms with Crippen LogP contribution in [0.25, 0.3) is 10.8 Å². The molecule has 1 fully saturated rings. The summed E-state index contributed by atoms with van der Waals surface area (Å²) in [5.74, 6) is -0.00448. The van der Waals surface area contributed by atoms with Gasteiger partial charge >= 0.3 is 0 Å². The van der Waals surface area contributed by atoms with Crippen molar-refractivity contribution in [2.75, 3.05) is 23.7 Å². The molecule has 2 N–H and O–H groups in total. The lowest BCUT2D eigenvalue weighted by Crippen LogP contribution is -2.37. The largest absolute Gasteiger partial charge is 0.337 e. The Kier molecular flexibility index (Phi) is 5.25. The van der Waals surface area contributed by atoms with Crippen molar-refractivity contribution in [3.05, 3.63) is 54.4 Å². The van der Waals surface area contributed by atoms with Gasteiger partial charge in [0.15, 0.2) is 5.11 Å². The Bertz CT molecular complexity index is 1020. The van der Waals surface area contributed by atoms with Gasteiger partial charge in [-0.3, -0.25) is 9.48 Å².